The second kappa shape index (κ2) is 9.17. The van der Waals surface area contributed by atoms with E-state index >= 15 is 0 Å². The molecule has 0 radical (unpaired) electrons. The molecule has 0 unspecified atom stereocenters. The van der Waals surface area contributed by atoms with Crippen LogP contribution in [0.5, 0.6) is 0 Å². The van der Waals surface area contributed by atoms with Crippen LogP contribution in [0.2, 0.25) is 5.02 Å². The number of carbonyl (C=O) groups excluding carboxylic acids is 1. The molecule has 3 aromatic rings. The molecule has 0 aliphatic heterocycles. The van der Waals surface area contributed by atoms with Gasteiger partial charge in [0, 0.05) is 6.54 Å². The summed E-state index contributed by atoms with van der Waals surface area (Å²) in [5.74, 6) is 0.326. The first-order valence-corrected chi connectivity index (χ1v) is 9.46. The number of alkyl halides is 3. The number of anilines is 1. The molecule has 0 saturated carbocycles. The van der Waals surface area contributed by atoms with E-state index in [4.69, 9.17) is 16.0 Å². The Hall–Kier alpha value is -3.07. The smallest absolute Gasteiger partial charge is 0.418 e. The number of urea groups is 1. The van der Waals surface area contributed by atoms with E-state index in [1.54, 1.807) is 24.3 Å². The number of para-hydroxylation sites is 1. The van der Waals surface area contributed by atoms with Crippen LogP contribution in [-0.2, 0) is 12.7 Å². The van der Waals surface area contributed by atoms with Crippen molar-refractivity contribution in [3.8, 4) is 11.5 Å². The van der Waals surface area contributed by atoms with Gasteiger partial charge < -0.3 is 14.6 Å². The molecule has 3 rings (SSSR count). The van der Waals surface area contributed by atoms with E-state index in [0.29, 0.717) is 17.0 Å². The molecule has 10 heteroatoms. The van der Waals surface area contributed by atoms with Gasteiger partial charge in [-0.3, -0.25) is 0 Å². The van der Waals surface area contributed by atoms with Gasteiger partial charge in [0.15, 0.2) is 0 Å². The molecule has 1 aromatic heterocycles. The molecule has 2 amide bonds. The van der Waals surface area contributed by atoms with Gasteiger partial charge in [0.05, 0.1) is 21.8 Å². The molecule has 1 heterocycles. The molecular formula is C20H18ClF3N4O2. The van der Waals surface area contributed by atoms with Crippen molar-refractivity contribution in [2.45, 2.75) is 26.1 Å². The third-order valence-electron chi connectivity index (χ3n) is 4.15. The Balaban J connectivity index is 1.77. The van der Waals surface area contributed by atoms with E-state index in [0.717, 1.165) is 6.07 Å². The monoisotopic (exact) mass is 438 g/mol. The number of hydrogen-bond acceptors (Lipinski definition) is 4. The highest BCUT2D eigenvalue weighted by molar-refractivity contribution is 6.33. The maximum atomic E-state index is 13.2. The van der Waals surface area contributed by atoms with Crippen LogP contribution in [0.3, 0.4) is 0 Å². The van der Waals surface area contributed by atoms with Crippen LogP contribution < -0.4 is 5.32 Å². The van der Waals surface area contributed by atoms with Crippen molar-refractivity contribution in [1.29, 1.82) is 0 Å². The second-order valence-corrected chi connectivity index (χ2v) is 6.78. The summed E-state index contributed by atoms with van der Waals surface area (Å²) in [4.78, 5) is 14.0. The standard InChI is InChI=1S/C20H18ClF3N4O2/c1-2-11-28(19(29)25-16-10-6-4-8-14(16)20(22,23)24)12-17-26-27-18(30-17)13-7-3-5-9-15(13)21/h3-10H,2,11-12H2,1H3,(H,25,29). The maximum Gasteiger partial charge on any atom is 0.418 e. The van der Waals surface area contributed by atoms with Gasteiger partial charge >= 0.3 is 12.2 Å². The van der Waals surface area contributed by atoms with Gasteiger partial charge in [0.2, 0.25) is 11.8 Å². The number of halogens is 4. The fraction of sp³-hybridized carbons (Fsp3) is 0.250. The first kappa shape index (κ1) is 21.6. The number of nitrogens with zero attached hydrogens (tertiary/aromatic N) is 3. The van der Waals surface area contributed by atoms with Gasteiger partial charge in [-0.15, -0.1) is 10.2 Å². The van der Waals surface area contributed by atoms with Crippen molar-refractivity contribution in [1.82, 2.24) is 15.1 Å². The lowest BCUT2D eigenvalue weighted by Crippen LogP contribution is -2.35. The molecule has 158 valence electrons. The lowest BCUT2D eigenvalue weighted by atomic mass is 10.1. The fourth-order valence-electron chi connectivity index (χ4n) is 2.78. The van der Waals surface area contributed by atoms with Crippen LogP contribution in [0, 0.1) is 0 Å². The Bertz CT molecular complexity index is 1020. The Morgan fingerprint density at radius 1 is 1.13 bits per heavy atom. The molecule has 0 spiro atoms. The quantitative estimate of drug-likeness (QED) is 0.523. The van der Waals surface area contributed by atoms with Gasteiger partial charge in [0.25, 0.3) is 0 Å². The summed E-state index contributed by atoms with van der Waals surface area (Å²) < 4.78 is 45.1. The summed E-state index contributed by atoms with van der Waals surface area (Å²) in [5, 5.41) is 10.6. The van der Waals surface area contributed by atoms with Crippen LogP contribution in [0.1, 0.15) is 24.8 Å². The molecular weight excluding hydrogens is 421 g/mol. The van der Waals surface area contributed by atoms with Gasteiger partial charge in [-0.25, -0.2) is 4.79 Å². The SMILES string of the molecule is CCCN(Cc1nnc(-c2ccccc2Cl)o1)C(=O)Nc1ccccc1C(F)(F)F. The number of carbonyl (C=O) groups is 1. The maximum absolute atomic E-state index is 13.2. The second-order valence-electron chi connectivity index (χ2n) is 6.38. The summed E-state index contributed by atoms with van der Waals surface area (Å²) in [5.41, 5.74) is -0.699. The lowest BCUT2D eigenvalue weighted by Gasteiger charge is -2.22. The van der Waals surface area contributed by atoms with Crippen molar-refractivity contribution in [2.75, 3.05) is 11.9 Å². The van der Waals surface area contributed by atoms with E-state index < -0.39 is 17.8 Å². The highest BCUT2D eigenvalue weighted by atomic mass is 35.5. The van der Waals surface area contributed by atoms with E-state index in [1.165, 1.54) is 23.1 Å². The molecule has 1 N–H and O–H groups in total. The summed E-state index contributed by atoms with van der Waals surface area (Å²) in [6.45, 7) is 2.06. The number of aromatic nitrogens is 2. The zero-order chi connectivity index (χ0) is 21.7. The van der Waals surface area contributed by atoms with Gasteiger partial charge in [-0.2, -0.15) is 13.2 Å². The highest BCUT2D eigenvalue weighted by Crippen LogP contribution is 2.34. The van der Waals surface area contributed by atoms with Gasteiger partial charge in [0.1, 0.15) is 6.54 Å². The van der Waals surface area contributed by atoms with Crippen molar-refractivity contribution < 1.29 is 22.4 Å². The Morgan fingerprint density at radius 2 is 1.83 bits per heavy atom. The van der Waals surface area contributed by atoms with Crippen molar-refractivity contribution in [2.24, 2.45) is 0 Å². The zero-order valence-electron chi connectivity index (χ0n) is 15.9. The number of hydrogen-bond donors (Lipinski definition) is 1. The molecule has 30 heavy (non-hydrogen) atoms. The molecule has 0 fully saturated rings. The van der Waals surface area contributed by atoms with Crippen LogP contribution in [-0.4, -0.2) is 27.7 Å². The number of benzene rings is 2. The zero-order valence-corrected chi connectivity index (χ0v) is 16.7. The van der Waals surface area contributed by atoms with Crippen molar-refractivity contribution in [3.63, 3.8) is 0 Å². The van der Waals surface area contributed by atoms with Crippen LogP contribution in [0.15, 0.2) is 52.9 Å². The van der Waals surface area contributed by atoms with E-state index in [1.807, 2.05) is 6.92 Å². The van der Waals surface area contributed by atoms with E-state index in [9.17, 15) is 18.0 Å². The van der Waals surface area contributed by atoms with Crippen LogP contribution in [0.4, 0.5) is 23.7 Å². The molecule has 0 aliphatic rings. The molecule has 0 bridgehead atoms. The minimum Gasteiger partial charge on any atom is -0.419 e. The molecule has 0 saturated heterocycles. The van der Waals surface area contributed by atoms with Crippen LogP contribution in [0.25, 0.3) is 11.5 Å². The van der Waals surface area contributed by atoms with E-state index in [2.05, 4.69) is 15.5 Å². The molecule has 0 atom stereocenters. The predicted octanol–water partition coefficient (Wildman–Crippen LogP) is 5.85. The summed E-state index contributed by atoms with van der Waals surface area (Å²) in [6.07, 6.45) is -4.00. The topological polar surface area (TPSA) is 71.3 Å². The first-order chi connectivity index (χ1) is 14.3. The van der Waals surface area contributed by atoms with E-state index in [-0.39, 0.29) is 30.6 Å². The molecule has 2 aromatic carbocycles. The Labute approximate surface area is 175 Å². The van der Waals surface area contributed by atoms with Gasteiger partial charge in [-0.1, -0.05) is 42.8 Å². The highest BCUT2D eigenvalue weighted by Gasteiger charge is 2.34. The Morgan fingerprint density at radius 3 is 2.53 bits per heavy atom. The normalized spacial score (nSPS) is 11.4. The average molecular weight is 439 g/mol. The van der Waals surface area contributed by atoms with Gasteiger partial charge in [-0.05, 0) is 30.7 Å². The third-order valence-corrected chi connectivity index (χ3v) is 4.48. The fourth-order valence-corrected chi connectivity index (χ4v) is 3.00. The number of rotatable bonds is 6. The summed E-state index contributed by atoms with van der Waals surface area (Å²) >= 11 is 6.12. The van der Waals surface area contributed by atoms with Crippen molar-refractivity contribution >= 4 is 23.3 Å². The minimum atomic E-state index is -4.59. The first-order valence-electron chi connectivity index (χ1n) is 9.09. The molecule has 0 aliphatic carbocycles. The minimum absolute atomic E-state index is 0.0642. The summed E-state index contributed by atoms with van der Waals surface area (Å²) in [7, 11) is 0. The molecule has 6 nitrogen and oxygen atoms in total. The van der Waals surface area contributed by atoms with Crippen molar-refractivity contribution in [3.05, 3.63) is 65.0 Å². The largest absolute Gasteiger partial charge is 0.419 e. The summed E-state index contributed by atoms with van der Waals surface area (Å²) in [6, 6.07) is 11.0. The van der Waals surface area contributed by atoms with Crippen LogP contribution >= 0.6 is 11.6 Å². The third kappa shape index (κ3) is 5.10. The lowest BCUT2D eigenvalue weighted by molar-refractivity contribution is -0.136. The number of nitrogens with one attached hydrogen (secondary N) is 1. The average Bonchev–Trinajstić information content (AvgIpc) is 3.16. The predicted molar refractivity (Wildman–Crippen MR) is 106 cm³/mol. The Kier molecular flexibility index (Phi) is 6.61. The number of amides is 2.